The number of carbonyl (C=O) groups is 1. The molecule has 4 aromatic rings. The molecule has 39 heavy (non-hydrogen) atoms. The Hall–Kier alpha value is -3.79. The average Bonchev–Trinajstić information content (AvgIpc) is 3.21. The summed E-state index contributed by atoms with van der Waals surface area (Å²) in [5.41, 5.74) is 3.08. The predicted octanol–water partition coefficient (Wildman–Crippen LogP) is 5.21. The SMILES string of the molecule is Cc1ncc(Cl)cc1C(=O)N[C@H]1CC[C@H](Cn2c(=O)n(-c3ccc(NCC(F)F)nc3)c3ccccc32)CC1. The second-order valence-corrected chi connectivity index (χ2v) is 10.3. The molecule has 1 saturated carbocycles. The highest BCUT2D eigenvalue weighted by Crippen LogP contribution is 2.28. The summed E-state index contributed by atoms with van der Waals surface area (Å²) in [4.78, 5) is 34.7. The molecule has 2 N–H and O–H groups in total. The number of rotatable bonds is 8. The number of hydrogen-bond acceptors (Lipinski definition) is 5. The summed E-state index contributed by atoms with van der Waals surface area (Å²) in [7, 11) is 0. The van der Waals surface area contributed by atoms with Crippen molar-refractivity contribution in [3.05, 3.63) is 81.6 Å². The van der Waals surface area contributed by atoms with E-state index >= 15 is 0 Å². The van der Waals surface area contributed by atoms with Gasteiger partial charge in [-0.3, -0.25) is 18.9 Å². The number of pyridine rings is 2. The Bertz CT molecular complexity index is 1530. The number of imidazole rings is 1. The number of amides is 1. The topological polar surface area (TPSA) is 93.8 Å². The molecule has 1 aliphatic rings. The smallest absolute Gasteiger partial charge is 0.333 e. The number of para-hydroxylation sites is 2. The van der Waals surface area contributed by atoms with E-state index in [1.807, 2.05) is 24.3 Å². The third-order valence-electron chi connectivity index (χ3n) is 7.20. The summed E-state index contributed by atoms with van der Waals surface area (Å²) in [6.45, 7) is 1.85. The van der Waals surface area contributed by atoms with Crippen LogP contribution in [0.15, 0.2) is 59.7 Å². The molecule has 0 unspecified atom stereocenters. The first-order chi connectivity index (χ1) is 18.8. The molecule has 8 nitrogen and oxygen atoms in total. The number of nitrogens with one attached hydrogen (secondary N) is 2. The lowest BCUT2D eigenvalue weighted by atomic mass is 9.85. The van der Waals surface area contributed by atoms with Crippen molar-refractivity contribution in [2.24, 2.45) is 5.92 Å². The second-order valence-electron chi connectivity index (χ2n) is 9.87. The summed E-state index contributed by atoms with van der Waals surface area (Å²) in [5, 5.41) is 6.11. The van der Waals surface area contributed by atoms with Crippen molar-refractivity contribution in [1.29, 1.82) is 0 Å². The van der Waals surface area contributed by atoms with E-state index in [0.717, 1.165) is 36.7 Å². The zero-order chi connectivity index (χ0) is 27.5. The lowest BCUT2D eigenvalue weighted by molar-refractivity contribution is 0.0919. The van der Waals surface area contributed by atoms with Crippen LogP contribution in [0.4, 0.5) is 14.6 Å². The van der Waals surface area contributed by atoms with E-state index in [1.54, 1.807) is 34.3 Å². The minimum atomic E-state index is -2.48. The third-order valence-corrected chi connectivity index (χ3v) is 7.41. The van der Waals surface area contributed by atoms with Crippen molar-refractivity contribution in [1.82, 2.24) is 24.4 Å². The zero-order valence-electron chi connectivity index (χ0n) is 21.4. The highest BCUT2D eigenvalue weighted by Gasteiger charge is 2.25. The Morgan fingerprint density at radius 2 is 1.82 bits per heavy atom. The van der Waals surface area contributed by atoms with Gasteiger partial charge in [0.1, 0.15) is 5.82 Å². The van der Waals surface area contributed by atoms with Crippen LogP contribution in [0.5, 0.6) is 0 Å². The molecule has 0 aliphatic heterocycles. The number of anilines is 1. The molecule has 1 fully saturated rings. The van der Waals surface area contributed by atoms with Gasteiger partial charge in [-0.25, -0.2) is 18.6 Å². The number of carbonyl (C=O) groups excluding carboxylic acids is 1. The summed E-state index contributed by atoms with van der Waals surface area (Å²) < 4.78 is 28.4. The molecule has 0 radical (unpaired) electrons. The van der Waals surface area contributed by atoms with Gasteiger partial charge in [0, 0.05) is 18.8 Å². The molecule has 0 bridgehead atoms. The van der Waals surface area contributed by atoms with Gasteiger partial charge in [0.2, 0.25) is 0 Å². The maximum Gasteiger partial charge on any atom is 0.333 e. The molecule has 0 spiro atoms. The molecule has 0 saturated heterocycles. The van der Waals surface area contributed by atoms with E-state index in [-0.39, 0.29) is 23.6 Å². The zero-order valence-corrected chi connectivity index (χ0v) is 22.2. The Balaban J connectivity index is 1.28. The van der Waals surface area contributed by atoms with Crippen molar-refractivity contribution < 1.29 is 13.6 Å². The number of alkyl halides is 2. The molecular weight excluding hydrogens is 526 g/mol. The van der Waals surface area contributed by atoms with Crippen LogP contribution in [0.1, 0.15) is 41.7 Å². The molecule has 1 aliphatic carbocycles. The van der Waals surface area contributed by atoms with Crippen LogP contribution in [0, 0.1) is 12.8 Å². The summed E-state index contributed by atoms with van der Waals surface area (Å²) in [6.07, 6.45) is 3.92. The van der Waals surface area contributed by atoms with Gasteiger partial charge in [-0.05, 0) is 68.9 Å². The standard InChI is InChI=1S/C28H29ClF2N6O2/c1-17-22(12-19(29)13-32-17)27(38)35-20-8-6-18(7-9-20)16-36-23-4-2-3-5-24(23)37(28(36)39)21-10-11-26(33-14-21)34-15-25(30)31/h2-5,10-14,18,20,25H,6-9,15-16H2,1H3,(H,33,34)(H,35,38)/t18-,20-. The summed E-state index contributed by atoms with van der Waals surface area (Å²) in [6, 6.07) is 12.6. The van der Waals surface area contributed by atoms with Crippen molar-refractivity contribution >= 4 is 34.4 Å². The Kier molecular flexibility index (Phi) is 7.92. The fraction of sp³-hybridized carbons (Fsp3) is 0.357. The third kappa shape index (κ3) is 5.95. The largest absolute Gasteiger partial charge is 0.364 e. The summed E-state index contributed by atoms with van der Waals surface area (Å²) in [5.74, 6) is 0.430. The van der Waals surface area contributed by atoms with Gasteiger partial charge in [-0.2, -0.15) is 0 Å². The van der Waals surface area contributed by atoms with E-state index in [0.29, 0.717) is 34.3 Å². The molecule has 1 amide bonds. The molecular formula is C28H29ClF2N6O2. The fourth-order valence-electron chi connectivity index (χ4n) is 5.19. The first-order valence-corrected chi connectivity index (χ1v) is 13.3. The number of fused-ring (bicyclic) bond motifs is 1. The monoisotopic (exact) mass is 554 g/mol. The van der Waals surface area contributed by atoms with E-state index in [9.17, 15) is 18.4 Å². The van der Waals surface area contributed by atoms with Crippen LogP contribution >= 0.6 is 11.6 Å². The van der Waals surface area contributed by atoms with Crippen LogP contribution in [0.2, 0.25) is 5.02 Å². The molecule has 204 valence electrons. The maximum atomic E-state index is 13.6. The Labute approximate surface area is 229 Å². The molecule has 5 rings (SSSR count). The van der Waals surface area contributed by atoms with Crippen molar-refractivity contribution in [2.75, 3.05) is 11.9 Å². The minimum Gasteiger partial charge on any atom is -0.364 e. The predicted molar refractivity (Wildman–Crippen MR) is 147 cm³/mol. The van der Waals surface area contributed by atoms with Crippen molar-refractivity contribution in [2.45, 2.75) is 51.6 Å². The van der Waals surface area contributed by atoms with Crippen LogP contribution in [-0.2, 0) is 6.54 Å². The van der Waals surface area contributed by atoms with Gasteiger partial charge >= 0.3 is 5.69 Å². The highest BCUT2D eigenvalue weighted by molar-refractivity contribution is 6.30. The number of aromatic nitrogens is 4. The van der Waals surface area contributed by atoms with Gasteiger partial charge in [0.05, 0.1) is 45.7 Å². The molecule has 3 heterocycles. The van der Waals surface area contributed by atoms with Gasteiger partial charge < -0.3 is 10.6 Å². The van der Waals surface area contributed by atoms with E-state index in [1.165, 1.54) is 12.4 Å². The Morgan fingerprint density at radius 3 is 2.51 bits per heavy atom. The average molecular weight is 555 g/mol. The number of aryl methyl sites for hydroxylation is 1. The number of hydrogen-bond donors (Lipinski definition) is 2. The summed E-state index contributed by atoms with van der Waals surface area (Å²) >= 11 is 6.02. The molecule has 11 heteroatoms. The molecule has 3 aromatic heterocycles. The highest BCUT2D eigenvalue weighted by atomic mass is 35.5. The number of benzene rings is 1. The first-order valence-electron chi connectivity index (χ1n) is 12.9. The van der Waals surface area contributed by atoms with E-state index in [2.05, 4.69) is 20.6 Å². The molecule has 1 aromatic carbocycles. The number of nitrogens with zero attached hydrogens (tertiary/aromatic N) is 4. The van der Waals surface area contributed by atoms with E-state index < -0.39 is 13.0 Å². The van der Waals surface area contributed by atoms with Gasteiger partial charge in [0.15, 0.2) is 0 Å². The van der Waals surface area contributed by atoms with Crippen LogP contribution in [-0.4, -0.2) is 44.0 Å². The quantitative estimate of drug-likeness (QED) is 0.312. The lowest BCUT2D eigenvalue weighted by Crippen LogP contribution is -2.39. The van der Waals surface area contributed by atoms with Gasteiger partial charge in [-0.15, -0.1) is 0 Å². The van der Waals surface area contributed by atoms with Gasteiger partial charge in [-0.1, -0.05) is 23.7 Å². The van der Waals surface area contributed by atoms with Crippen LogP contribution in [0.3, 0.4) is 0 Å². The Morgan fingerprint density at radius 1 is 1.08 bits per heavy atom. The van der Waals surface area contributed by atoms with Crippen molar-refractivity contribution in [3.63, 3.8) is 0 Å². The van der Waals surface area contributed by atoms with Crippen LogP contribution in [0.25, 0.3) is 16.7 Å². The van der Waals surface area contributed by atoms with Crippen LogP contribution < -0.4 is 16.3 Å². The fourth-order valence-corrected chi connectivity index (χ4v) is 5.34. The second kappa shape index (κ2) is 11.5. The first kappa shape index (κ1) is 26.8. The minimum absolute atomic E-state index is 0.0495. The van der Waals surface area contributed by atoms with Gasteiger partial charge in [0.25, 0.3) is 12.3 Å². The number of halogens is 3. The molecule has 0 atom stereocenters. The normalized spacial score (nSPS) is 17.5. The van der Waals surface area contributed by atoms with E-state index in [4.69, 9.17) is 11.6 Å². The maximum absolute atomic E-state index is 13.6. The lowest BCUT2D eigenvalue weighted by Gasteiger charge is -2.29. The van der Waals surface area contributed by atoms with Crippen molar-refractivity contribution in [3.8, 4) is 5.69 Å².